The number of H-pyrrole nitrogens is 1. The van der Waals surface area contributed by atoms with Crippen molar-refractivity contribution in [2.24, 2.45) is 5.73 Å². The average Bonchev–Trinajstić information content (AvgIpc) is 2.53. The Kier molecular flexibility index (Phi) is 3.66. The Bertz CT molecular complexity index is 810. The van der Waals surface area contributed by atoms with E-state index in [0.29, 0.717) is 29.0 Å². The second-order valence-electron chi connectivity index (χ2n) is 4.67. The highest BCUT2D eigenvalue weighted by atomic mass is 16.5. The van der Waals surface area contributed by atoms with Gasteiger partial charge in [-0.25, -0.2) is 4.98 Å². The first kappa shape index (κ1) is 13.3. The molecule has 5 nitrogen and oxygen atoms in total. The summed E-state index contributed by atoms with van der Waals surface area (Å²) in [6.45, 7) is 0.710. The van der Waals surface area contributed by atoms with E-state index in [4.69, 9.17) is 10.5 Å². The molecular weight excluding hydrogens is 266 g/mol. The van der Waals surface area contributed by atoms with E-state index in [0.717, 1.165) is 5.56 Å². The molecule has 0 bridgehead atoms. The van der Waals surface area contributed by atoms with Crippen molar-refractivity contribution in [2.45, 2.75) is 13.2 Å². The number of hydrogen-bond acceptors (Lipinski definition) is 4. The van der Waals surface area contributed by atoms with Crippen molar-refractivity contribution in [1.29, 1.82) is 0 Å². The van der Waals surface area contributed by atoms with Crippen molar-refractivity contribution >= 4 is 10.9 Å². The number of hydrogen-bond donors (Lipinski definition) is 2. The van der Waals surface area contributed by atoms with Crippen LogP contribution in [-0.2, 0) is 13.2 Å². The van der Waals surface area contributed by atoms with Crippen molar-refractivity contribution in [3.05, 3.63) is 70.3 Å². The van der Waals surface area contributed by atoms with Gasteiger partial charge in [-0.05, 0) is 29.8 Å². The lowest BCUT2D eigenvalue weighted by Gasteiger charge is -2.07. The summed E-state index contributed by atoms with van der Waals surface area (Å²) in [7, 11) is 0. The standard InChI is InChI=1S/C16H15N3O2/c17-9-11-5-7-12(8-6-11)21-10-15-18-14-4-2-1-3-13(14)16(20)19-15/h1-8H,9-10,17H2,(H,18,19,20). The Morgan fingerprint density at radius 1 is 1.10 bits per heavy atom. The maximum Gasteiger partial charge on any atom is 0.258 e. The molecule has 0 amide bonds. The van der Waals surface area contributed by atoms with Crippen LogP contribution in [0.25, 0.3) is 10.9 Å². The highest BCUT2D eigenvalue weighted by molar-refractivity contribution is 5.77. The molecule has 3 aromatic rings. The van der Waals surface area contributed by atoms with Gasteiger partial charge in [-0.1, -0.05) is 24.3 Å². The fourth-order valence-electron chi connectivity index (χ4n) is 2.08. The van der Waals surface area contributed by atoms with E-state index in [1.54, 1.807) is 6.07 Å². The molecule has 0 spiro atoms. The van der Waals surface area contributed by atoms with Crippen molar-refractivity contribution in [1.82, 2.24) is 9.97 Å². The second kappa shape index (κ2) is 5.76. The van der Waals surface area contributed by atoms with Gasteiger partial charge in [0, 0.05) is 6.54 Å². The van der Waals surface area contributed by atoms with E-state index in [1.807, 2.05) is 42.5 Å². The van der Waals surface area contributed by atoms with Gasteiger partial charge in [0.1, 0.15) is 18.2 Å². The van der Waals surface area contributed by atoms with Gasteiger partial charge < -0.3 is 15.5 Å². The van der Waals surface area contributed by atoms with Crippen molar-refractivity contribution in [3.63, 3.8) is 0 Å². The molecule has 21 heavy (non-hydrogen) atoms. The fourth-order valence-corrected chi connectivity index (χ4v) is 2.08. The maximum absolute atomic E-state index is 11.9. The molecule has 0 saturated heterocycles. The molecular formula is C16H15N3O2. The molecule has 106 valence electrons. The first-order valence-corrected chi connectivity index (χ1v) is 6.66. The second-order valence-corrected chi connectivity index (χ2v) is 4.67. The van der Waals surface area contributed by atoms with Crippen LogP contribution in [0, 0.1) is 0 Å². The maximum atomic E-state index is 11.9. The van der Waals surface area contributed by atoms with Gasteiger partial charge >= 0.3 is 0 Å². The third kappa shape index (κ3) is 2.93. The molecule has 0 aliphatic heterocycles. The molecule has 5 heteroatoms. The molecule has 3 N–H and O–H groups in total. The minimum absolute atomic E-state index is 0.155. The molecule has 0 fully saturated rings. The molecule has 1 heterocycles. The fraction of sp³-hybridized carbons (Fsp3) is 0.125. The van der Waals surface area contributed by atoms with Crippen LogP contribution in [0.3, 0.4) is 0 Å². The Morgan fingerprint density at radius 3 is 2.62 bits per heavy atom. The van der Waals surface area contributed by atoms with E-state index in [2.05, 4.69) is 9.97 Å². The van der Waals surface area contributed by atoms with Crippen LogP contribution in [0.2, 0.25) is 0 Å². The number of ether oxygens (including phenoxy) is 1. The number of fused-ring (bicyclic) bond motifs is 1. The lowest BCUT2D eigenvalue weighted by molar-refractivity contribution is 0.296. The predicted octanol–water partition coefficient (Wildman–Crippen LogP) is 1.96. The minimum atomic E-state index is -0.155. The summed E-state index contributed by atoms with van der Waals surface area (Å²) in [5, 5.41) is 0.577. The van der Waals surface area contributed by atoms with Gasteiger partial charge in [-0.15, -0.1) is 0 Å². The Labute approximate surface area is 121 Å². The number of nitrogens with two attached hydrogens (primary N) is 1. The van der Waals surface area contributed by atoms with E-state index < -0.39 is 0 Å². The third-order valence-corrected chi connectivity index (χ3v) is 3.20. The highest BCUT2D eigenvalue weighted by Gasteiger charge is 2.04. The summed E-state index contributed by atoms with van der Waals surface area (Å²) in [6, 6.07) is 14.7. The number of nitrogens with zero attached hydrogens (tertiary/aromatic N) is 1. The van der Waals surface area contributed by atoms with Gasteiger partial charge in [0.25, 0.3) is 5.56 Å². The summed E-state index contributed by atoms with van der Waals surface area (Å²) in [4.78, 5) is 19.0. The highest BCUT2D eigenvalue weighted by Crippen LogP contribution is 2.13. The lowest BCUT2D eigenvalue weighted by atomic mass is 10.2. The number of nitrogens with one attached hydrogen (secondary N) is 1. The van der Waals surface area contributed by atoms with Gasteiger partial charge in [-0.3, -0.25) is 4.79 Å². The Balaban J connectivity index is 1.80. The van der Waals surface area contributed by atoms with Crippen LogP contribution in [0.4, 0.5) is 0 Å². The van der Waals surface area contributed by atoms with Crippen LogP contribution >= 0.6 is 0 Å². The summed E-state index contributed by atoms with van der Waals surface area (Å²) in [6.07, 6.45) is 0. The van der Waals surface area contributed by atoms with Gasteiger partial charge in [0.15, 0.2) is 0 Å². The summed E-state index contributed by atoms with van der Waals surface area (Å²) in [5.74, 6) is 1.21. The van der Waals surface area contributed by atoms with E-state index in [9.17, 15) is 4.79 Å². The molecule has 0 aliphatic carbocycles. The zero-order valence-electron chi connectivity index (χ0n) is 11.4. The first-order chi connectivity index (χ1) is 10.3. The summed E-state index contributed by atoms with van der Waals surface area (Å²) in [5.41, 5.74) is 7.10. The molecule has 2 aromatic carbocycles. The molecule has 3 rings (SSSR count). The number of benzene rings is 2. The molecule has 0 aliphatic rings. The van der Waals surface area contributed by atoms with Crippen molar-refractivity contribution < 1.29 is 4.74 Å². The molecule has 1 aromatic heterocycles. The summed E-state index contributed by atoms with van der Waals surface area (Å²) < 4.78 is 5.62. The van der Waals surface area contributed by atoms with E-state index in [-0.39, 0.29) is 12.2 Å². The van der Waals surface area contributed by atoms with E-state index >= 15 is 0 Å². The first-order valence-electron chi connectivity index (χ1n) is 6.66. The monoisotopic (exact) mass is 281 g/mol. The number of para-hydroxylation sites is 1. The zero-order chi connectivity index (χ0) is 14.7. The van der Waals surface area contributed by atoms with Gasteiger partial charge in [-0.2, -0.15) is 0 Å². The van der Waals surface area contributed by atoms with Crippen molar-refractivity contribution in [3.8, 4) is 5.75 Å². The van der Waals surface area contributed by atoms with Crippen LogP contribution < -0.4 is 16.0 Å². The van der Waals surface area contributed by atoms with Crippen LogP contribution in [0.15, 0.2) is 53.3 Å². The molecule has 0 saturated carbocycles. The largest absolute Gasteiger partial charge is 0.486 e. The molecule has 0 unspecified atom stereocenters. The quantitative estimate of drug-likeness (QED) is 0.766. The molecule has 0 radical (unpaired) electrons. The lowest BCUT2D eigenvalue weighted by Crippen LogP contribution is -2.13. The molecule has 0 atom stereocenters. The van der Waals surface area contributed by atoms with Crippen LogP contribution in [0.1, 0.15) is 11.4 Å². The number of rotatable bonds is 4. The zero-order valence-corrected chi connectivity index (χ0v) is 11.4. The Hall–Kier alpha value is -2.66. The number of aromatic amines is 1. The third-order valence-electron chi connectivity index (χ3n) is 3.20. The summed E-state index contributed by atoms with van der Waals surface area (Å²) >= 11 is 0. The van der Waals surface area contributed by atoms with Crippen LogP contribution in [0.5, 0.6) is 5.75 Å². The smallest absolute Gasteiger partial charge is 0.258 e. The SMILES string of the molecule is NCc1ccc(OCc2nc3ccccc3c(=O)[nH]2)cc1. The van der Waals surface area contributed by atoms with E-state index in [1.165, 1.54) is 0 Å². The van der Waals surface area contributed by atoms with Crippen LogP contribution in [-0.4, -0.2) is 9.97 Å². The average molecular weight is 281 g/mol. The predicted molar refractivity (Wildman–Crippen MR) is 81.0 cm³/mol. The number of aromatic nitrogens is 2. The topological polar surface area (TPSA) is 81.0 Å². The van der Waals surface area contributed by atoms with Crippen molar-refractivity contribution in [2.75, 3.05) is 0 Å². The minimum Gasteiger partial charge on any atom is -0.486 e. The van der Waals surface area contributed by atoms with Gasteiger partial charge in [0.05, 0.1) is 10.9 Å². The van der Waals surface area contributed by atoms with Gasteiger partial charge in [0.2, 0.25) is 0 Å². The Morgan fingerprint density at radius 2 is 1.86 bits per heavy atom. The normalized spacial score (nSPS) is 10.7.